The summed E-state index contributed by atoms with van der Waals surface area (Å²) in [6.07, 6.45) is 1.79. The number of esters is 1. The van der Waals surface area contributed by atoms with E-state index in [1.165, 1.54) is 22.8 Å². The molecule has 0 heterocycles. The molecule has 0 aromatic heterocycles. The molecule has 0 saturated carbocycles. The van der Waals surface area contributed by atoms with Gasteiger partial charge in [0.15, 0.2) is 0 Å². The van der Waals surface area contributed by atoms with Crippen LogP contribution in [0.25, 0.3) is 0 Å². The molecule has 0 spiro atoms. The van der Waals surface area contributed by atoms with E-state index in [-0.39, 0.29) is 10.8 Å². The van der Waals surface area contributed by atoms with Gasteiger partial charge in [0.05, 0.1) is 12.2 Å². The normalized spacial score (nSPS) is 13.0. The first-order valence-corrected chi connectivity index (χ1v) is 11.8. The molecule has 3 nitrogen and oxygen atoms in total. The van der Waals surface area contributed by atoms with Gasteiger partial charge in [0.25, 0.3) is 0 Å². The van der Waals surface area contributed by atoms with E-state index in [1.54, 1.807) is 0 Å². The minimum absolute atomic E-state index is 0.0982. The van der Waals surface area contributed by atoms with Gasteiger partial charge in [0.1, 0.15) is 5.60 Å². The summed E-state index contributed by atoms with van der Waals surface area (Å²) in [6, 6.07) is 17.7. The van der Waals surface area contributed by atoms with Gasteiger partial charge in [-0.05, 0) is 55.4 Å². The van der Waals surface area contributed by atoms with Crippen LogP contribution in [0.15, 0.2) is 61.2 Å². The second-order valence-corrected chi connectivity index (χ2v) is 11.5. The zero-order valence-electron chi connectivity index (χ0n) is 22.0. The van der Waals surface area contributed by atoms with Gasteiger partial charge < -0.3 is 9.47 Å². The lowest BCUT2D eigenvalue weighted by Crippen LogP contribution is -2.31. The summed E-state index contributed by atoms with van der Waals surface area (Å²) in [5.41, 5.74) is 4.04. The molecule has 0 unspecified atom stereocenters. The number of carbonyl (C=O) groups excluding carboxylic acids is 1. The van der Waals surface area contributed by atoms with E-state index in [0.29, 0.717) is 13.0 Å². The van der Waals surface area contributed by atoms with Gasteiger partial charge in [-0.25, -0.2) is 4.79 Å². The summed E-state index contributed by atoms with van der Waals surface area (Å²) in [5, 5.41) is 0. The summed E-state index contributed by atoms with van der Waals surface area (Å²) in [5.74, 6) is -0.412. The average Bonchev–Trinajstić information content (AvgIpc) is 2.72. The third-order valence-corrected chi connectivity index (χ3v) is 6.48. The maximum Gasteiger partial charge on any atom is 0.330 e. The van der Waals surface area contributed by atoms with Crippen LogP contribution in [0.1, 0.15) is 91.0 Å². The van der Waals surface area contributed by atoms with Crippen LogP contribution < -0.4 is 0 Å². The molecule has 3 heteroatoms. The molecule has 0 aliphatic heterocycles. The molecule has 0 amide bonds. The summed E-state index contributed by atoms with van der Waals surface area (Å²) < 4.78 is 11.6. The molecule has 0 bridgehead atoms. The smallest absolute Gasteiger partial charge is 0.330 e. The van der Waals surface area contributed by atoms with Crippen molar-refractivity contribution < 1.29 is 14.3 Å². The Balaban J connectivity index is 2.09. The van der Waals surface area contributed by atoms with Crippen LogP contribution >= 0.6 is 0 Å². The van der Waals surface area contributed by atoms with E-state index < -0.39 is 17.2 Å². The van der Waals surface area contributed by atoms with E-state index in [2.05, 4.69) is 104 Å². The zero-order chi connectivity index (χ0) is 25.1. The van der Waals surface area contributed by atoms with Crippen molar-refractivity contribution in [1.82, 2.24) is 0 Å². The number of benzene rings is 2. The monoisotopic (exact) mass is 450 g/mol. The highest BCUT2D eigenvalue weighted by atomic mass is 16.6. The molecule has 2 rings (SSSR count). The van der Waals surface area contributed by atoms with E-state index in [4.69, 9.17) is 9.47 Å². The molecule has 2 aromatic carbocycles. The molecular formula is C30H42O3. The first-order valence-electron chi connectivity index (χ1n) is 11.8. The molecule has 0 aliphatic carbocycles. The van der Waals surface area contributed by atoms with Crippen LogP contribution in [0, 0.1) is 0 Å². The van der Waals surface area contributed by atoms with Crippen LogP contribution in [-0.2, 0) is 30.7 Å². The first-order chi connectivity index (χ1) is 15.1. The fourth-order valence-corrected chi connectivity index (χ4v) is 3.84. The summed E-state index contributed by atoms with van der Waals surface area (Å²) >= 11 is 0. The van der Waals surface area contributed by atoms with Crippen molar-refractivity contribution in [2.75, 3.05) is 6.61 Å². The van der Waals surface area contributed by atoms with Crippen molar-refractivity contribution in [2.45, 2.75) is 90.8 Å². The summed E-state index contributed by atoms with van der Waals surface area (Å²) in [6.45, 7) is 23.1. The fraction of sp³-hybridized carbons (Fsp3) is 0.500. The second-order valence-electron chi connectivity index (χ2n) is 11.5. The van der Waals surface area contributed by atoms with Crippen molar-refractivity contribution in [3.63, 3.8) is 0 Å². The first kappa shape index (κ1) is 26.9. The van der Waals surface area contributed by atoms with Gasteiger partial charge in [-0.3, -0.25) is 0 Å². The van der Waals surface area contributed by atoms with Crippen LogP contribution in [0.5, 0.6) is 0 Å². The third-order valence-electron chi connectivity index (χ3n) is 6.48. The second kappa shape index (κ2) is 9.85. The lowest BCUT2D eigenvalue weighted by atomic mass is 9.76. The van der Waals surface area contributed by atoms with Gasteiger partial charge in [0.2, 0.25) is 0 Å². The summed E-state index contributed by atoms with van der Waals surface area (Å²) in [7, 11) is 0. The highest BCUT2D eigenvalue weighted by Crippen LogP contribution is 2.35. The molecule has 0 saturated heterocycles. The van der Waals surface area contributed by atoms with Gasteiger partial charge >= 0.3 is 5.97 Å². The zero-order valence-corrected chi connectivity index (χ0v) is 22.0. The van der Waals surface area contributed by atoms with Crippen LogP contribution in [0.2, 0.25) is 0 Å². The Morgan fingerprint density at radius 1 is 0.758 bits per heavy atom. The fourth-order valence-electron chi connectivity index (χ4n) is 3.84. The predicted octanol–water partition coefficient (Wildman–Crippen LogP) is 7.46. The molecule has 0 aliphatic rings. The van der Waals surface area contributed by atoms with Crippen LogP contribution in [-0.4, -0.2) is 18.2 Å². The highest BCUT2D eigenvalue weighted by molar-refractivity contribution is 5.81. The Morgan fingerprint density at radius 2 is 1.18 bits per heavy atom. The van der Waals surface area contributed by atoms with E-state index in [1.807, 2.05) is 13.8 Å². The predicted molar refractivity (Wildman–Crippen MR) is 138 cm³/mol. The Hall–Kier alpha value is -2.39. The van der Waals surface area contributed by atoms with Crippen molar-refractivity contribution in [3.8, 4) is 0 Å². The summed E-state index contributed by atoms with van der Waals surface area (Å²) in [4.78, 5) is 11.5. The third kappa shape index (κ3) is 7.04. The van der Waals surface area contributed by atoms with Crippen molar-refractivity contribution in [2.24, 2.45) is 0 Å². The average molecular weight is 451 g/mol. The van der Waals surface area contributed by atoms with Crippen molar-refractivity contribution >= 4 is 5.97 Å². The number of rotatable bonds is 9. The minimum Gasteiger partial charge on any atom is -0.456 e. The van der Waals surface area contributed by atoms with Crippen molar-refractivity contribution in [1.29, 1.82) is 0 Å². The number of ether oxygens (including phenoxy) is 2. The molecule has 0 atom stereocenters. The molecule has 180 valence electrons. The molecule has 0 radical (unpaired) electrons. The maximum absolute atomic E-state index is 11.5. The SMILES string of the molecule is C=CC(=O)OC(C)(C)CCOC(C)(C)c1ccc(C(C)(C)c2ccc(C(C)(C)C)cc2)cc1. The number of hydrogen-bond donors (Lipinski definition) is 0. The lowest BCUT2D eigenvalue weighted by Gasteiger charge is -2.31. The maximum atomic E-state index is 11.5. The molecule has 2 aromatic rings. The van der Waals surface area contributed by atoms with E-state index >= 15 is 0 Å². The molecule has 0 N–H and O–H groups in total. The molecular weight excluding hydrogens is 408 g/mol. The van der Waals surface area contributed by atoms with Crippen LogP contribution in [0.4, 0.5) is 0 Å². The van der Waals surface area contributed by atoms with Gasteiger partial charge in [0, 0.05) is 17.9 Å². The Kier molecular flexibility index (Phi) is 8.02. The Morgan fingerprint density at radius 3 is 1.61 bits per heavy atom. The standard InChI is InChI=1S/C30H42O3/c1-11-26(31)33-28(5,6)20-21-32-30(9,10)25-18-16-24(17-19-25)29(7,8)23-14-12-22(13-15-23)27(2,3)4/h11-19H,1,20-21H2,2-10H3. The van der Waals surface area contributed by atoms with E-state index in [0.717, 1.165) is 5.56 Å². The van der Waals surface area contributed by atoms with Gasteiger partial charge in [-0.1, -0.05) is 89.7 Å². The van der Waals surface area contributed by atoms with Gasteiger partial charge in [-0.15, -0.1) is 0 Å². The Labute approximate surface area is 201 Å². The molecule has 33 heavy (non-hydrogen) atoms. The Bertz CT molecular complexity index is 940. The minimum atomic E-state index is -0.599. The quantitative estimate of drug-likeness (QED) is 0.294. The highest BCUT2D eigenvalue weighted by Gasteiger charge is 2.28. The van der Waals surface area contributed by atoms with Crippen molar-refractivity contribution in [3.05, 3.63) is 83.4 Å². The number of hydrogen-bond acceptors (Lipinski definition) is 3. The lowest BCUT2D eigenvalue weighted by molar-refractivity contribution is -0.153. The topological polar surface area (TPSA) is 35.5 Å². The largest absolute Gasteiger partial charge is 0.456 e. The van der Waals surface area contributed by atoms with E-state index in [9.17, 15) is 4.79 Å². The van der Waals surface area contributed by atoms with Crippen LogP contribution in [0.3, 0.4) is 0 Å². The molecule has 0 fully saturated rings. The number of carbonyl (C=O) groups is 1. The van der Waals surface area contributed by atoms with Gasteiger partial charge in [-0.2, -0.15) is 0 Å².